The molecule has 26 heavy (non-hydrogen) atoms. The zero-order valence-electron chi connectivity index (χ0n) is 16.5. The molecule has 1 saturated heterocycles. The van der Waals surface area contributed by atoms with E-state index in [0.717, 1.165) is 38.5 Å². The van der Waals surface area contributed by atoms with Crippen molar-refractivity contribution in [1.29, 1.82) is 0 Å². The molecule has 2 aliphatic rings. The number of ether oxygens (including phenoxy) is 3. The fourth-order valence-corrected chi connectivity index (χ4v) is 3.69. The minimum absolute atomic E-state index is 0.0248. The molecule has 0 bridgehead atoms. The van der Waals surface area contributed by atoms with Crippen molar-refractivity contribution in [2.24, 2.45) is 11.7 Å². The van der Waals surface area contributed by atoms with Crippen LogP contribution >= 0.6 is 0 Å². The first-order valence-corrected chi connectivity index (χ1v) is 9.78. The molecule has 1 aliphatic carbocycles. The van der Waals surface area contributed by atoms with Crippen LogP contribution in [0.5, 0.6) is 0 Å². The van der Waals surface area contributed by atoms with Gasteiger partial charge in [0.25, 0.3) is 0 Å². The van der Waals surface area contributed by atoms with E-state index in [4.69, 9.17) is 19.9 Å². The molecular formula is C19H34N2O5. The Balaban J connectivity index is 1.83. The molecule has 2 N–H and O–H groups in total. The van der Waals surface area contributed by atoms with Gasteiger partial charge in [-0.2, -0.15) is 0 Å². The van der Waals surface area contributed by atoms with Gasteiger partial charge in [0.15, 0.2) is 0 Å². The second-order valence-electron chi connectivity index (χ2n) is 8.21. The van der Waals surface area contributed by atoms with E-state index in [9.17, 15) is 9.59 Å². The maximum Gasteiger partial charge on any atom is 0.410 e. The predicted octanol–water partition coefficient (Wildman–Crippen LogP) is 2.81. The number of likely N-dealkylation sites (tertiary alicyclic amines) is 1. The lowest BCUT2D eigenvalue weighted by molar-refractivity contribution is -0.150. The monoisotopic (exact) mass is 370 g/mol. The van der Waals surface area contributed by atoms with Crippen LogP contribution in [0.25, 0.3) is 0 Å². The van der Waals surface area contributed by atoms with Gasteiger partial charge in [-0.25, -0.2) is 4.79 Å². The van der Waals surface area contributed by atoms with E-state index in [0.29, 0.717) is 13.2 Å². The lowest BCUT2D eigenvalue weighted by Gasteiger charge is -2.35. The lowest BCUT2D eigenvalue weighted by atomic mass is 9.87. The molecule has 0 radical (unpaired) electrons. The number of esters is 1. The Bertz CT molecular complexity index is 483. The molecule has 1 aliphatic heterocycles. The first-order chi connectivity index (χ1) is 12.2. The van der Waals surface area contributed by atoms with Gasteiger partial charge in [-0.3, -0.25) is 4.79 Å². The van der Waals surface area contributed by atoms with E-state index in [2.05, 4.69) is 0 Å². The third kappa shape index (κ3) is 5.84. The number of carbonyl (C=O) groups is 2. The van der Waals surface area contributed by atoms with Crippen molar-refractivity contribution in [2.75, 3.05) is 13.2 Å². The maximum absolute atomic E-state index is 12.4. The van der Waals surface area contributed by atoms with Gasteiger partial charge in [-0.15, -0.1) is 0 Å². The van der Waals surface area contributed by atoms with Crippen LogP contribution in [0, 0.1) is 5.92 Å². The van der Waals surface area contributed by atoms with E-state index in [1.54, 1.807) is 4.90 Å². The highest BCUT2D eigenvalue weighted by Crippen LogP contribution is 2.30. The third-order valence-electron chi connectivity index (χ3n) is 4.95. The van der Waals surface area contributed by atoms with Crippen molar-refractivity contribution in [3.63, 3.8) is 0 Å². The Hall–Kier alpha value is -1.34. The SMILES string of the molecule is CCOC(=O)[C@H]1CC[C@H](OC(N)[C@@H]2CCCN2C(=O)OC(C)(C)C)CC1. The number of nitrogens with two attached hydrogens (primary N) is 1. The van der Waals surface area contributed by atoms with E-state index < -0.39 is 11.8 Å². The summed E-state index contributed by atoms with van der Waals surface area (Å²) in [7, 11) is 0. The number of hydrogen-bond acceptors (Lipinski definition) is 6. The van der Waals surface area contributed by atoms with Crippen LogP contribution in [0.4, 0.5) is 4.79 Å². The molecule has 0 aromatic carbocycles. The van der Waals surface area contributed by atoms with E-state index in [1.807, 2.05) is 27.7 Å². The molecule has 7 nitrogen and oxygen atoms in total. The number of nitrogens with zero attached hydrogens (tertiary/aromatic N) is 1. The summed E-state index contributed by atoms with van der Waals surface area (Å²) in [6.07, 6.45) is 3.98. The average Bonchev–Trinajstić information content (AvgIpc) is 3.04. The summed E-state index contributed by atoms with van der Waals surface area (Å²) in [6, 6.07) is -0.160. The van der Waals surface area contributed by atoms with E-state index in [1.165, 1.54) is 0 Å². The summed E-state index contributed by atoms with van der Waals surface area (Å²) >= 11 is 0. The first kappa shape index (κ1) is 21.0. The van der Waals surface area contributed by atoms with Gasteiger partial charge in [-0.05, 0) is 66.2 Å². The number of rotatable bonds is 5. The number of hydrogen-bond donors (Lipinski definition) is 1. The van der Waals surface area contributed by atoms with Crippen molar-refractivity contribution in [3.05, 3.63) is 0 Å². The van der Waals surface area contributed by atoms with Gasteiger partial charge in [0, 0.05) is 6.54 Å². The second-order valence-corrected chi connectivity index (χ2v) is 8.21. The third-order valence-corrected chi connectivity index (χ3v) is 4.95. The van der Waals surface area contributed by atoms with Crippen LogP contribution in [0.15, 0.2) is 0 Å². The predicted molar refractivity (Wildman–Crippen MR) is 97.4 cm³/mol. The highest BCUT2D eigenvalue weighted by molar-refractivity contribution is 5.72. The van der Waals surface area contributed by atoms with Crippen molar-refractivity contribution in [2.45, 2.75) is 90.2 Å². The Morgan fingerprint density at radius 2 is 1.81 bits per heavy atom. The summed E-state index contributed by atoms with van der Waals surface area (Å²) in [5, 5.41) is 0. The fraction of sp³-hybridized carbons (Fsp3) is 0.895. The smallest absolute Gasteiger partial charge is 0.410 e. The minimum atomic E-state index is -0.533. The van der Waals surface area contributed by atoms with Crippen molar-refractivity contribution in [3.8, 4) is 0 Å². The van der Waals surface area contributed by atoms with Gasteiger partial charge in [0.05, 0.1) is 24.7 Å². The lowest BCUT2D eigenvalue weighted by Crippen LogP contribution is -2.50. The normalized spacial score (nSPS) is 27.9. The van der Waals surface area contributed by atoms with E-state index in [-0.39, 0.29) is 30.1 Å². The van der Waals surface area contributed by atoms with Crippen LogP contribution in [0.3, 0.4) is 0 Å². The highest BCUT2D eigenvalue weighted by Gasteiger charge is 2.38. The summed E-state index contributed by atoms with van der Waals surface area (Å²) in [6.45, 7) is 8.45. The number of amides is 1. The standard InChI is InChI=1S/C19H34N2O5/c1-5-24-17(22)13-8-10-14(11-9-13)25-16(20)15-7-6-12-21(15)18(23)26-19(2,3)4/h13-16H,5-12,20H2,1-4H3/t13-,14-,15-,16?/m0/s1. The summed E-state index contributed by atoms with van der Waals surface area (Å²) < 4.78 is 16.6. The molecule has 0 spiro atoms. The first-order valence-electron chi connectivity index (χ1n) is 9.78. The van der Waals surface area contributed by atoms with Crippen molar-refractivity contribution in [1.82, 2.24) is 4.90 Å². The molecule has 150 valence electrons. The molecule has 1 amide bonds. The van der Waals surface area contributed by atoms with Crippen LogP contribution in [-0.2, 0) is 19.0 Å². The maximum atomic E-state index is 12.4. The van der Waals surface area contributed by atoms with Gasteiger partial charge < -0.3 is 24.8 Å². The van der Waals surface area contributed by atoms with Crippen LogP contribution in [0.1, 0.15) is 66.2 Å². The second kappa shape index (κ2) is 9.04. The zero-order valence-corrected chi connectivity index (χ0v) is 16.5. The Morgan fingerprint density at radius 1 is 1.15 bits per heavy atom. The van der Waals surface area contributed by atoms with Gasteiger partial charge in [0.2, 0.25) is 0 Å². The summed E-state index contributed by atoms with van der Waals surface area (Å²) in [4.78, 5) is 25.9. The Kier molecular flexibility index (Phi) is 7.29. The molecule has 1 heterocycles. The molecule has 0 aromatic heterocycles. The van der Waals surface area contributed by atoms with Crippen LogP contribution in [0.2, 0.25) is 0 Å². The fourth-order valence-electron chi connectivity index (χ4n) is 3.69. The summed E-state index contributed by atoms with van der Waals surface area (Å²) in [5.41, 5.74) is 5.75. The molecular weight excluding hydrogens is 336 g/mol. The molecule has 2 atom stereocenters. The molecule has 1 unspecified atom stereocenters. The van der Waals surface area contributed by atoms with Crippen molar-refractivity contribution < 1.29 is 23.8 Å². The average molecular weight is 370 g/mol. The van der Waals surface area contributed by atoms with Crippen LogP contribution < -0.4 is 5.73 Å². The largest absolute Gasteiger partial charge is 0.466 e. The molecule has 2 rings (SSSR count). The Morgan fingerprint density at radius 3 is 2.38 bits per heavy atom. The quantitative estimate of drug-likeness (QED) is 0.591. The molecule has 1 saturated carbocycles. The van der Waals surface area contributed by atoms with E-state index >= 15 is 0 Å². The molecule has 7 heteroatoms. The van der Waals surface area contributed by atoms with Crippen LogP contribution in [-0.4, -0.2) is 54.1 Å². The van der Waals surface area contributed by atoms with Gasteiger partial charge >= 0.3 is 12.1 Å². The highest BCUT2D eigenvalue weighted by atomic mass is 16.6. The number of carbonyl (C=O) groups excluding carboxylic acids is 2. The minimum Gasteiger partial charge on any atom is -0.466 e. The topological polar surface area (TPSA) is 91.1 Å². The molecule has 2 fully saturated rings. The molecule has 0 aromatic rings. The van der Waals surface area contributed by atoms with Gasteiger partial charge in [-0.1, -0.05) is 0 Å². The summed E-state index contributed by atoms with van der Waals surface area (Å²) in [5.74, 6) is -0.141. The van der Waals surface area contributed by atoms with Crippen molar-refractivity contribution >= 4 is 12.1 Å². The Labute approximate surface area is 156 Å². The van der Waals surface area contributed by atoms with Gasteiger partial charge in [0.1, 0.15) is 11.8 Å². The zero-order chi connectivity index (χ0) is 19.3.